The lowest BCUT2D eigenvalue weighted by Crippen LogP contribution is -2.30. The fourth-order valence-electron chi connectivity index (χ4n) is 2.73. The minimum atomic E-state index is -0.318. The van der Waals surface area contributed by atoms with Gasteiger partial charge in [0.05, 0.1) is 7.11 Å². The second kappa shape index (κ2) is 5.74. The number of hydrogen-bond acceptors (Lipinski definition) is 3. The predicted molar refractivity (Wildman–Crippen MR) is 80.2 cm³/mol. The van der Waals surface area contributed by atoms with Gasteiger partial charge in [0.15, 0.2) is 0 Å². The van der Waals surface area contributed by atoms with E-state index in [0.29, 0.717) is 12.3 Å². The molecule has 3 nitrogen and oxygen atoms in total. The van der Waals surface area contributed by atoms with Crippen molar-refractivity contribution in [3.8, 4) is 22.6 Å². The fourth-order valence-corrected chi connectivity index (χ4v) is 2.73. The number of para-hydroxylation sites is 1. The van der Waals surface area contributed by atoms with E-state index in [1.807, 2.05) is 12.1 Å². The van der Waals surface area contributed by atoms with Crippen LogP contribution in [0.1, 0.15) is 12.0 Å². The summed E-state index contributed by atoms with van der Waals surface area (Å²) in [6, 6.07) is 10.6. The summed E-state index contributed by atoms with van der Waals surface area (Å²) in [5.41, 5.74) is 8.63. The van der Waals surface area contributed by atoms with Gasteiger partial charge in [-0.15, -0.1) is 0 Å². The molecule has 0 saturated carbocycles. The maximum absolute atomic E-state index is 13.4. The Bertz CT molecular complexity index is 657. The molecular formula is C17H18FNO2. The molecule has 1 aliphatic heterocycles. The third-order valence-electron chi connectivity index (χ3n) is 3.83. The van der Waals surface area contributed by atoms with Crippen molar-refractivity contribution in [3.63, 3.8) is 0 Å². The first kappa shape index (κ1) is 13.9. The second-order valence-corrected chi connectivity index (χ2v) is 5.15. The number of fused-ring (bicyclic) bond motifs is 1. The average Bonchev–Trinajstić information content (AvgIpc) is 2.53. The molecule has 2 N–H and O–H groups in total. The molecule has 3 rings (SSSR count). The highest BCUT2D eigenvalue weighted by atomic mass is 19.1. The standard InChI is InChI=1S/C17H18FNO2/c1-20-16-9-12(18)6-8-14(16)15-4-2-3-11-5-7-13(10-19)21-17(11)15/h2-4,6,8-9,13H,5,7,10,19H2,1H3/t13-/m1/s1. The molecule has 1 heterocycles. The summed E-state index contributed by atoms with van der Waals surface area (Å²) in [4.78, 5) is 0. The Hall–Kier alpha value is -2.07. The molecule has 0 fully saturated rings. The van der Waals surface area contributed by atoms with Crippen molar-refractivity contribution in [2.75, 3.05) is 13.7 Å². The lowest BCUT2D eigenvalue weighted by Gasteiger charge is -2.27. The summed E-state index contributed by atoms with van der Waals surface area (Å²) in [5.74, 6) is 1.02. The minimum absolute atomic E-state index is 0.0325. The van der Waals surface area contributed by atoms with Crippen LogP contribution in [0.25, 0.3) is 11.1 Å². The number of hydrogen-bond donors (Lipinski definition) is 1. The number of halogens is 1. The van der Waals surface area contributed by atoms with E-state index >= 15 is 0 Å². The quantitative estimate of drug-likeness (QED) is 0.943. The lowest BCUT2D eigenvalue weighted by atomic mass is 9.95. The molecule has 0 aromatic heterocycles. The van der Waals surface area contributed by atoms with Gasteiger partial charge in [-0.2, -0.15) is 0 Å². The molecular weight excluding hydrogens is 269 g/mol. The van der Waals surface area contributed by atoms with Crippen molar-refractivity contribution in [3.05, 3.63) is 47.8 Å². The SMILES string of the molecule is COc1cc(F)ccc1-c1cccc2c1O[C@@H](CN)CC2. The molecule has 21 heavy (non-hydrogen) atoms. The Morgan fingerprint density at radius 1 is 1.29 bits per heavy atom. The van der Waals surface area contributed by atoms with Gasteiger partial charge in [-0.1, -0.05) is 18.2 Å². The van der Waals surface area contributed by atoms with Gasteiger partial charge in [-0.25, -0.2) is 4.39 Å². The first-order chi connectivity index (χ1) is 10.2. The van der Waals surface area contributed by atoms with E-state index in [1.165, 1.54) is 19.2 Å². The zero-order valence-electron chi connectivity index (χ0n) is 11.9. The van der Waals surface area contributed by atoms with Crippen LogP contribution in [0.2, 0.25) is 0 Å². The van der Waals surface area contributed by atoms with Crippen molar-refractivity contribution < 1.29 is 13.9 Å². The van der Waals surface area contributed by atoms with E-state index in [9.17, 15) is 4.39 Å². The van der Waals surface area contributed by atoms with Crippen LogP contribution in [0.3, 0.4) is 0 Å². The smallest absolute Gasteiger partial charge is 0.130 e. The number of rotatable bonds is 3. The zero-order valence-corrected chi connectivity index (χ0v) is 11.9. The molecule has 0 aliphatic carbocycles. The maximum Gasteiger partial charge on any atom is 0.130 e. The summed E-state index contributed by atoms with van der Waals surface area (Å²) in [5, 5.41) is 0. The molecule has 0 amide bonds. The van der Waals surface area contributed by atoms with Gasteiger partial charge >= 0.3 is 0 Å². The lowest BCUT2D eigenvalue weighted by molar-refractivity contribution is 0.182. The van der Waals surface area contributed by atoms with Gasteiger partial charge < -0.3 is 15.2 Å². The molecule has 2 aromatic rings. The molecule has 2 aromatic carbocycles. The van der Waals surface area contributed by atoms with Crippen LogP contribution in [-0.4, -0.2) is 19.8 Å². The van der Waals surface area contributed by atoms with Crippen LogP contribution < -0.4 is 15.2 Å². The average molecular weight is 287 g/mol. The van der Waals surface area contributed by atoms with Crippen molar-refractivity contribution >= 4 is 0 Å². The molecule has 1 atom stereocenters. The van der Waals surface area contributed by atoms with E-state index in [1.54, 1.807) is 6.07 Å². The van der Waals surface area contributed by atoms with Crippen LogP contribution in [0.4, 0.5) is 4.39 Å². The molecule has 4 heteroatoms. The van der Waals surface area contributed by atoms with Gasteiger partial charge in [0.2, 0.25) is 0 Å². The number of ether oxygens (including phenoxy) is 2. The third-order valence-corrected chi connectivity index (χ3v) is 3.83. The van der Waals surface area contributed by atoms with Gasteiger partial charge in [0, 0.05) is 23.7 Å². The zero-order chi connectivity index (χ0) is 14.8. The van der Waals surface area contributed by atoms with E-state index in [4.69, 9.17) is 15.2 Å². The Labute approximate surface area is 123 Å². The van der Waals surface area contributed by atoms with Crippen LogP contribution in [0, 0.1) is 5.82 Å². The molecule has 0 spiro atoms. The van der Waals surface area contributed by atoms with E-state index in [2.05, 4.69) is 6.07 Å². The summed E-state index contributed by atoms with van der Waals surface area (Å²) >= 11 is 0. The molecule has 110 valence electrons. The largest absolute Gasteiger partial charge is 0.496 e. The Morgan fingerprint density at radius 2 is 2.14 bits per heavy atom. The maximum atomic E-state index is 13.4. The van der Waals surface area contributed by atoms with Crippen LogP contribution in [0.15, 0.2) is 36.4 Å². The second-order valence-electron chi connectivity index (χ2n) is 5.15. The predicted octanol–water partition coefficient (Wildman–Crippen LogP) is 3.15. The Morgan fingerprint density at radius 3 is 2.90 bits per heavy atom. The molecule has 0 saturated heterocycles. The summed E-state index contributed by atoms with van der Waals surface area (Å²) in [6.07, 6.45) is 1.90. The van der Waals surface area contributed by atoms with E-state index in [0.717, 1.165) is 35.3 Å². The highest BCUT2D eigenvalue weighted by Gasteiger charge is 2.23. The summed E-state index contributed by atoms with van der Waals surface area (Å²) in [7, 11) is 1.54. The fraction of sp³-hybridized carbons (Fsp3) is 0.294. The molecule has 0 bridgehead atoms. The highest BCUT2D eigenvalue weighted by Crippen LogP contribution is 2.41. The first-order valence-corrected chi connectivity index (χ1v) is 7.05. The van der Waals surface area contributed by atoms with Gasteiger partial charge in [0.25, 0.3) is 0 Å². The van der Waals surface area contributed by atoms with Crippen molar-refractivity contribution in [2.45, 2.75) is 18.9 Å². The van der Waals surface area contributed by atoms with Crippen molar-refractivity contribution in [1.82, 2.24) is 0 Å². The number of aryl methyl sites for hydroxylation is 1. The molecule has 1 aliphatic rings. The minimum Gasteiger partial charge on any atom is -0.496 e. The summed E-state index contributed by atoms with van der Waals surface area (Å²) in [6.45, 7) is 0.494. The van der Waals surface area contributed by atoms with Crippen molar-refractivity contribution in [1.29, 1.82) is 0 Å². The van der Waals surface area contributed by atoms with Gasteiger partial charge in [-0.05, 0) is 30.5 Å². The number of methoxy groups -OCH3 is 1. The topological polar surface area (TPSA) is 44.5 Å². The van der Waals surface area contributed by atoms with Crippen LogP contribution in [-0.2, 0) is 6.42 Å². The van der Waals surface area contributed by atoms with E-state index < -0.39 is 0 Å². The molecule has 0 unspecified atom stereocenters. The van der Waals surface area contributed by atoms with Gasteiger partial charge in [-0.3, -0.25) is 0 Å². The van der Waals surface area contributed by atoms with Gasteiger partial charge in [0.1, 0.15) is 23.4 Å². The number of nitrogens with two attached hydrogens (primary N) is 1. The van der Waals surface area contributed by atoms with Crippen LogP contribution >= 0.6 is 0 Å². The first-order valence-electron chi connectivity index (χ1n) is 7.05. The van der Waals surface area contributed by atoms with E-state index in [-0.39, 0.29) is 11.9 Å². The number of benzene rings is 2. The normalized spacial score (nSPS) is 17.0. The Kier molecular flexibility index (Phi) is 3.80. The highest BCUT2D eigenvalue weighted by molar-refractivity contribution is 5.77. The monoisotopic (exact) mass is 287 g/mol. The Balaban J connectivity index is 2.12. The molecule has 0 radical (unpaired) electrons. The van der Waals surface area contributed by atoms with Crippen LogP contribution in [0.5, 0.6) is 11.5 Å². The summed E-state index contributed by atoms with van der Waals surface area (Å²) < 4.78 is 24.7. The van der Waals surface area contributed by atoms with Crippen molar-refractivity contribution in [2.24, 2.45) is 5.73 Å². The third kappa shape index (κ3) is 2.59.